The summed E-state index contributed by atoms with van der Waals surface area (Å²) in [6.45, 7) is 1.24. The Balaban J connectivity index is 1.87. The van der Waals surface area contributed by atoms with Crippen LogP contribution in [0.4, 0.5) is 0 Å². The van der Waals surface area contributed by atoms with Crippen LogP contribution in [0.5, 0.6) is 0 Å². The van der Waals surface area contributed by atoms with Crippen molar-refractivity contribution in [2.24, 2.45) is 0 Å². The molecule has 8 heteroatoms. The molecule has 2 N–H and O–H groups in total. The highest BCUT2D eigenvalue weighted by molar-refractivity contribution is 5.92. The van der Waals surface area contributed by atoms with Gasteiger partial charge in [-0.25, -0.2) is 9.59 Å². The maximum absolute atomic E-state index is 12.2. The monoisotopic (exact) mass is 412 g/mol. The van der Waals surface area contributed by atoms with Gasteiger partial charge in [-0.05, 0) is 23.3 Å². The van der Waals surface area contributed by atoms with Gasteiger partial charge in [-0.15, -0.1) is 0 Å². The first kappa shape index (κ1) is 22.6. The maximum atomic E-state index is 12.2. The van der Waals surface area contributed by atoms with Gasteiger partial charge in [0, 0.05) is 19.9 Å². The van der Waals surface area contributed by atoms with Gasteiger partial charge in [0.25, 0.3) is 5.91 Å². The van der Waals surface area contributed by atoms with Crippen LogP contribution in [-0.2, 0) is 36.8 Å². The van der Waals surface area contributed by atoms with E-state index in [1.54, 1.807) is 24.3 Å². The average molecular weight is 412 g/mol. The fourth-order valence-electron chi connectivity index (χ4n) is 2.62. The summed E-state index contributed by atoms with van der Waals surface area (Å²) in [5, 5.41) is 5.18. The molecule has 2 aromatic carbocycles. The predicted molar refractivity (Wildman–Crippen MR) is 108 cm³/mol. The summed E-state index contributed by atoms with van der Waals surface area (Å²) in [5.41, 5.74) is 1.94. The summed E-state index contributed by atoms with van der Waals surface area (Å²) in [5.74, 6) is -2.03. The number of ether oxygens (including phenoxy) is 2. The SMILES string of the molecule is COC(=O)C(Cc1ccccc1)NC(=O)COC(=O)c1ccc(CNC(C)=O)cc1. The van der Waals surface area contributed by atoms with Crippen molar-refractivity contribution in [3.8, 4) is 0 Å². The van der Waals surface area contributed by atoms with E-state index in [0.29, 0.717) is 6.54 Å². The lowest BCUT2D eigenvalue weighted by Gasteiger charge is -2.16. The highest BCUT2D eigenvalue weighted by Crippen LogP contribution is 2.07. The zero-order valence-electron chi connectivity index (χ0n) is 16.8. The number of benzene rings is 2. The van der Waals surface area contributed by atoms with Crippen LogP contribution in [0, 0.1) is 0 Å². The van der Waals surface area contributed by atoms with Crippen molar-refractivity contribution in [1.29, 1.82) is 0 Å². The molecule has 0 bridgehead atoms. The molecule has 2 amide bonds. The van der Waals surface area contributed by atoms with E-state index in [4.69, 9.17) is 9.47 Å². The molecule has 0 spiro atoms. The molecule has 0 fully saturated rings. The summed E-state index contributed by atoms with van der Waals surface area (Å²) < 4.78 is 9.76. The summed E-state index contributed by atoms with van der Waals surface area (Å²) >= 11 is 0. The third-order valence-corrected chi connectivity index (χ3v) is 4.17. The largest absolute Gasteiger partial charge is 0.467 e. The van der Waals surface area contributed by atoms with E-state index in [2.05, 4.69) is 10.6 Å². The summed E-state index contributed by atoms with van der Waals surface area (Å²) in [4.78, 5) is 47.2. The van der Waals surface area contributed by atoms with Crippen molar-refractivity contribution in [1.82, 2.24) is 10.6 Å². The lowest BCUT2D eigenvalue weighted by atomic mass is 10.1. The molecular formula is C22H24N2O6. The molecule has 0 aliphatic heterocycles. The predicted octanol–water partition coefficient (Wildman–Crippen LogP) is 1.38. The summed E-state index contributed by atoms with van der Waals surface area (Å²) in [6, 6.07) is 14.7. The first-order chi connectivity index (χ1) is 14.4. The van der Waals surface area contributed by atoms with Crippen LogP contribution in [-0.4, -0.2) is 43.5 Å². The number of carbonyl (C=O) groups excluding carboxylic acids is 4. The Morgan fingerprint density at radius 2 is 1.60 bits per heavy atom. The quantitative estimate of drug-likeness (QED) is 0.602. The van der Waals surface area contributed by atoms with Gasteiger partial charge < -0.3 is 20.1 Å². The fourth-order valence-corrected chi connectivity index (χ4v) is 2.62. The second-order valence-corrected chi connectivity index (χ2v) is 6.52. The summed E-state index contributed by atoms with van der Waals surface area (Å²) in [7, 11) is 1.24. The molecule has 2 aromatic rings. The standard InChI is InChI=1S/C22H24N2O6/c1-15(25)23-13-17-8-10-18(11-9-17)21(27)30-14-20(26)24-19(22(28)29-2)12-16-6-4-3-5-7-16/h3-11,19H,12-14H2,1-2H3,(H,23,25)(H,24,26). The van der Waals surface area contributed by atoms with Crippen molar-refractivity contribution < 1.29 is 28.7 Å². The van der Waals surface area contributed by atoms with Gasteiger partial charge in [-0.3, -0.25) is 9.59 Å². The maximum Gasteiger partial charge on any atom is 0.338 e. The third kappa shape index (κ3) is 7.38. The van der Waals surface area contributed by atoms with Gasteiger partial charge >= 0.3 is 11.9 Å². The minimum Gasteiger partial charge on any atom is -0.467 e. The van der Waals surface area contributed by atoms with E-state index >= 15 is 0 Å². The number of methoxy groups -OCH3 is 1. The first-order valence-corrected chi connectivity index (χ1v) is 9.30. The Morgan fingerprint density at radius 3 is 2.20 bits per heavy atom. The molecule has 0 aromatic heterocycles. The first-order valence-electron chi connectivity index (χ1n) is 9.30. The minimum atomic E-state index is -0.892. The zero-order valence-corrected chi connectivity index (χ0v) is 16.8. The van der Waals surface area contributed by atoms with E-state index in [9.17, 15) is 19.2 Å². The molecule has 1 unspecified atom stereocenters. The topological polar surface area (TPSA) is 111 Å². The molecule has 8 nitrogen and oxygen atoms in total. The van der Waals surface area contributed by atoms with Crippen LogP contribution >= 0.6 is 0 Å². The normalized spacial score (nSPS) is 11.1. The molecule has 2 rings (SSSR count). The molecular weight excluding hydrogens is 388 g/mol. The van der Waals surface area contributed by atoms with E-state index in [-0.39, 0.29) is 17.9 Å². The van der Waals surface area contributed by atoms with Gasteiger partial charge in [0.05, 0.1) is 12.7 Å². The molecule has 30 heavy (non-hydrogen) atoms. The van der Waals surface area contributed by atoms with Crippen LogP contribution in [0.25, 0.3) is 0 Å². The van der Waals surface area contributed by atoms with Crippen molar-refractivity contribution >= 4 is 23.8 Å². The number of carbonyl (C=O) groups is 4. The van der Waals surface area contributed by atoms with Crippen LogP contribution in [0.15, 0.2) is 54.6 Å². The van der Waals surface area contributed by atoms with Gasteiger partial charge in [0.15, 0.2) is 6.61 Å². The molecule has 0 saturated heterocycles. The minimum absolute atomic E-state index is 0.151. The number of amides is 2. The van der Waals surface area contributed by atoms with E-state index in [1.807, 2.05) is 30.3 Å². The lowest BCUT2D eigenvalue weighted by molar-refractivity contribution is -0.145. The molecule has 0 aliphatic carbocycles. The molecule has 0 heterocycles. The third-order valence-electron chi connectivity index (χ3n) is 4.17. The van der Waals surface area contributed by atoms with Gasteiger partial charge in [-0.2, -0.15) is 0 Å². The molecule has 0 aliphatic rings. The van der Waals surface area contributed by atoms with Crippen LogP contribution in [0.2, 0.25) is 0 Å². The number of hydrogen-bond donors (Lipinski definition) is 2. The summed E-state index contributed by atoms with van der Waals surface area (Å²) in [6.07, 6.45) is 0.253. The highest BCUT2D eigenvalue weighted by atomic mass is 16.5. The van der Waals surface area contributed by atoms with E-state index in [0.717, 1.165) is 11.1 Å². The van der Waals surface area contributed by atoms with Crippen LogP contribution in [0.3, 0.4) is 0 Å². The molecule has 0 saturated carbocycles. The zero-order chi connectivity index (χ0) is 21.9. The van der Waals surface area contributed by atoms with Crippen molar-refractivity contribution in [2.75, 3.05) is 13.7 Å². The van der Waals surface area contributed by atoms with E-state index < -0.39 is 30.5 Å². The Hall–Kier alpha value is -3.68. The number of hydrogen-bond acceptors (Lipinski definition) is 6. The number of nitrogens with one attached hydrogen (secondary N) is 2. The smallest absolute Gasteiger partial charge is 0.338 e. The second kappa shape index (κ2) is 11.4. The average Bonchev–Trinajstić information content (AvgIpc) is 2.76. The van der Waals surface area contributed by atoms with Crippen molar-refractivity contribution in [3.05, 3.63) is 71.3 Å². The van der Waals surface area contributed by atoms with Crippen molar-refractivity contribution in [3.63, 3.8) is 0 Å². The van der Waals surface area contributed by atoms with Gasteiger partial charge in [0.1, 0.15) is 6.04 Å². The van der Waals surface area contributed by atoms with Gasteiger partial charge in [-0.1, -0.05) is 42.5 Å². The molecule has 158 valence electrons. The fraction of sp³-hybridized carbons (Fsp3) is 0.273. The number of rotatable bonds is 9. The van der Waals surface area contributed by atoms with E-state index in [1.165, 1.54) is 14.0 Å². The Kier molecular flexibility index (Phi) is 8.56. The second-order valence-electron chi connectivity index (χ2n) is 6.52. The Labute approximate surface area is 174 Å². The Bertz CT molecular complexity index is 880. The lowest BCUT2D eigenvalue weighted by Crippen LogP contribution is -2.44. The van der Waals surface area contributed by atoms with Crippen LogP contribution in [0.1, 0.15) is 28.4 Å². The van der Waals surface area contributed by atoms with Crippen molar-refractivity contribution in [2.45, 2.75) is 25.9 Å². The molecule has 1 atom stereocenters. The number of esters is 2. The van der Waals surface area contributed by atoms with Crippen LogP contribution < -0.4 is 10.6 Å². The molecule has 0 radical (unpaired) electrons. The van der Waals surface area contributed by atoms with Gasteiger partial charge in [0.2, 0.25) is 5.91 Å². The highest BCUT2D eigenvalue weighted by Gasteiger charge is 2.22. The Morgan fingerprint density at radius 1 is 0.933 bits per heavy atom.